The third-order valence-corrected chi connectivity index (χ3v) is 6.07. The zero-order valence-electron chi connectivity index (χ0n) is 13.3. The first-order valence-corrected chi connectivity index (χ1v) is 9.22. The molecule has 1 saturated heterocycles. The number of piperazine rings is 1. The summed E-state index contributed by atoms with van der Waals surface area (Å²) in [6.07, 6.45) is 0. The van der Waals surface area contributed by atoms with Crippen LogP contribution in [0.1, 0.15) is 5.56 Å². The molecular formula is C17H17F3N2O2S. The Bertz CT molecular complexity index is 866. The first kappa shape index (κ1) is 17.9. The van der Waals surface area contributed by atoms with E-state index >= 15 is 0 Å². The lowest BCUT2D eigenvalue weighted by molar-refractivity contribution is 0.181. The van der Waals surface area contributed by atoms with Gasteiger partial charge in [0, 0.05) is 38.8 Å². The van der Waals surface area contributed by atoms with Gasteiger partial charge in [-0.25, -0.2) is 21.6 Å². The highest BCUT2D eigenvalue weighted by molar-refractivity contribution is 7.89. The van der Waals surface area contributed by atoms with Gasteiger partial charge in [0.25, 0.3) is 0 Å². The molecule has 1 aliphatic heterocycles. The zero-order valence-corrected chi connectivity index (χ0v) is 14.1. The van der Waals surface area contributed by atoms with E-state index in [2.05, 4.69) is 0 Å². The standard InChI is InChI=1S/C17H17F3N2O2S/c18-14-3-1-2-13(10-14)12-21-6-8-22(9-7-21)25(23,24)17-5-4-15(19)11-16(17)20/h1-5,10-11H,6-9,12H2. The molecule has 8 heteroatoms. The first-order valence-electron chi connectivity index (χ1n) is 7.78. The van der Waals surface area contributed by atoms with Gasteiger partial charge in [0.2, 0.25) is 10.0 Å². The maximum absolute atomic E-state index is 13.8. The fourth-order valence-electron chi connectivity index (χ4n) is 2.85. The van der Waals surface area contributed by atoms with E-state index < -0.39 is 26.6 Å². The summed E-state index contributed by atoms with van der Waals surface area (Å²) in [5, 5.41) is 0. The second-order valence-corrected chi connectivity index (χ2v) is 7.79. The second-order valence-electron chi connectivity index (χ2n) is 5.88. The van der Waals surface area contributed by atoms with Gasteiger partial charge in [-0.05, 0) is 29.8 Å². The van der Waals surface area contributed by atoms with Crippen molar-refractivity contribution in [2.45, 2.75) is 11.4 Å². The van der Waals surface area contributed by atoms with Crippen LogP contribution in [0.2, 0.25) is 0 Å². The highest BCUT2D eigenvalue weighted by Gasteiger charge is 2.30. The predicted octanol–water partition coefficient (Wildman–Crippen LogP) is 2.61. The summed E-state index contributed by atoms with van der Waals surface area (Å²) in [6, 6.07) is 8.67. The minimum absolute atomic E-state index is 0.189. The van der Waals surface area contributed by atoms with Gasteiger partial charge in [-0.3, -0.25) is 4.90 Å². The molecule has 0 spiro atoms. The van der Waals surface area contributed by atoms with Crippen molar-refractivity contribution in [2.75, 3.05) is 26.2 Å². The van der Waals surface area contributed by atoms with E-state index in [1.807, 2.05) is 4.90 Å². The normalized spacial score (nSPS) is 16.9. The molecular weight excluding hydrogens is 353 g/mol. The topological polar surface area (TPSA) is 40.6 Å². The van der Waals surface area contributed by atoms with Crippen molar-refractivity contribution < 1.29 is 21.6 Å². The Morgan fingerprint density at radius 1 is 0.880 bits per heavy atom. The van der Waals surface area contributed by atoms with E-state index in [-0.39, 0.29) is 18.9 Å². The minimum atomic E-state index is -4.01. The van der Waals surface area contributed by atoms with Crippen LogP contribution in [0, 0.1) is 17.5 Å². The average Bonchev–Trinajstić information content (AvgIpc) is 2.55. The summed E-state index contributed by atoms with van der Waals surface area (Å²) in [6.45, 7) is 1.77. The summed E-state index contributed by atoms with van der Waals surface area (Å²) in [7, 11) is -4.01. The molecule has 134 valence electrons. The van der Waals surface area contributed by atoms with E-state index in [9.17, 15) is 21.6 Å². The predicted molar refractivity (Wildman–Crippen MR) is 86.8 cm³/mol. The highest BCUT2D eigenvalue weighted by Crippen LogP contribution is 2.22. The molecule has 25 heavy (non-hydrogen) atoms. The summed E-state index contributed by atoms with van der Waals surface area (Å²) in [4.78, 5) is 1.48. The molecule has 1 fully saturated rings. The molecule has 0 aliphatic carbocycles. The lowest BCUT2D eigenvalue weighted by atomic mass is 10.2. The minimum Gasteiger partial charge on any atom is -0.296 e. The third-order valence-electron chi connectivity index (χ3n) is 4.14. The number of hydrogen-bond acceptors (Lipinski definition) is 3. The molecule has 0 radical (unpaired) electrons. The van der Waals surface area contributed by atoms with Crippen LogP contribution in [-0.4, -0.2) is 43.8 Å². The van der Waals surface area contributed by atoms with Crippen molar-refractivity contribution in [3.8, 4) is 0 Å². The van der Waals surface area contributed by atoms with Gasteiger partial charge in [-0.15, -0.1) is 0 Å². The molecule has 0 aromatic heterocycles. The van der Waals surface area contributed by atoms with Crippen LogP contribution in [0.15, 0.2) is 47.4 Å². The molecule has 0 bridgehead atoms. The van der Waals surface area contributed by atoms with Crippen LogP contribution < -0.4 is 0 Å². The highest BCUT2D eigenvalue weighted by atomic mass is 32.2. The van der Waals surface area contributed by atoms with Crippen molar-refractivity contribution >= 4 is 10.0 Å². The van der Waals surface area contributed by atoms with Crippen molar-refractivity contribution in [3.05, 3.63) is 65.5 Å². The van der Waals surface area contributed by atoms with E-state index in [4.69, 9.17) is 0 Å². The van der Waals surface area contributed by atoms with Gasteiger partial charge in [0.15, 0.2) is 0 Å². The molecule has 1 heterocycles. The van der Waals surface area contributed by atoms with E-state index in [1.54, 1.807) is 12.1 Å². The Labute approximate surface area is 144 Å². The van der Waals surface area contributed by atoms with Crippen LogP contribution in [0.4, 0.5) is 13.2 Å². The lowest BCUT2D eigenvalue weighted by Gasteiger charge is -2.34. The molecule has 0 saturated carbocycles. The number of hydrogen-bond donors (Lipinski definition) is 0. The Hall–Kier alpha value is -1.90. The third kappa shape index (κ3) is 4.02. The summed E-state index contributed by atoms with van der Waals surface area (Å²) < 4.78 is 66.3. The van der Waals surface area contributed by atoms with Gasteiger partial charge in [0.1, 0.15) is 22.3 Å². The van der Waals surface area contributed by atoms with Gasteiger partial charge >= 0.3 is 0 Å². The van der Waals surface area contributed by atoms with E-state index in [0.717, 1.165) is 17.7 Å². The molecule has 0 N–H and O–H groups in total. The quantitative estimate of drug-likeness (QED) is 0.831. The largest absolute Gasteiger partial charge is 0.296 e. The smallest absolute Gasteiger partial charge is 0.246 e. The average molecular weight is 370 g/mol. The Morgan fingerprint density at radius 2 is 1.56 bits per heavy atom. The molecule has 3 rings (SSSR count). The van der Waals surface area contributed by atoms with Gasteiger partial charge in [-0.1, -0.05) is 12.1 Å². The van der Waals surface area contributed by atoms with E-state index in [1.165, 1.54) is 16.4 Å². The maximum Gasteiger partial charge on any atom is 0.246 e. The van der Waals surface area contributed by atoms with Crippen LogP contribution >= 0.6 is 0 Å². The van der Waals surface area contributed by atoms with Crippen LogP contribution in [0.5, 0.6) is 0 Å². The fraction of sp³-hybridized carbons (Fsp3) is 0.294. The van der Waals surface area contributed by atoms with Crippen LogP contribution in [0.25, 0.3) is 0 Å². The number of sulfonamides is 1. The van der Waals surface area contributed by atoms with Gasteiger partial charge in [0.05, 0.1) is 0 Å². The molecule has 0 unspecified atom stereocenters. The number of benzene rings is 2. The number of rotatable bonds is 4. The Balaban J connectivity index is 1.67. The monoisotopic (exact) mass is 370 g/mol. The first-order chi connectivity index (χ1) is 11.9. The van der Waals surface area contributed by atoms with E-state index in [0.29, 0.717) is 25.7 Å². The van der Waals surface area contributed by atoms with Gasteiger partial charge in [-0.2, -0.15) is 4.31 Å². The van der Waals surface area contributed by atoms with Crippen molar-refractivity contribution in [3.63, 3.8) is 0 Å². The van der Waals surface area contributed by atoms with Crippen LogP contribution in [0.3, 0.4) is 0 Å². The number of nitrogens with zero attached hydrogens (tertiary/aromatic N) is 2. The molecule has 2 aromatic rings. The molecule has 0 atom stereocenters. The maximum atomic E-state index is 13.8. The fourth-order valence-corrected chi connectivity index (χ4v) is 4.31. The molecule has 0 amide bonds. The molecule has 4 nitrogen and oxygen atoms in total. The van der Waals surface area contributed by atoms with Crippen molar-refractivity contribution in [2.24, 2.45) is 0 Å². The Morgan fingerprint density at radius 3 is 2.20 bits per heavy atom. The molecule has 1 aliphatic rings. The summed E-state index contributed by atoms with van der Waals surface area (Å²) >= 11 is 0. The SMILES string of the molecule is O=S(=O)(c1ccc(F)cc1F)N1CCN(Cc2cccc(F)c2)CC1. The zero-order chi connectivity index (χ0) is 18.0. The van der Waals surface area contributed by atoms with Gasteiger partial charge < -0.3 is 0 Å². The molecule has 2 aromatic carbocycles. The number of halogens is 3. The van der Waals surface area contributed by atoms with Crippen molar-refractivity contribution in [1.29, 1.82) is 0 Å². The van der Waals surface area contributed by atoms with Crippen molar-refractivity contribution in [1.82, 2.24) is 9.21 Å². The second kappa shape index (κ2) is 7.15. The summed E-state index contributed by atoms with van der Waals surface area (Å²) in [5.74, 6) is -2.23. The summed E-state index contributed by atoms with van der Waals surface area (Å²) in [5.41, 5.74) is 0.806. The van der Waals surface area contributed by atoms with Crippen LogP contribution in [-0.2, 0) is 16.6 Å². The Kier molecular flexibility index (Phi) is 5.12. The lowest BCUT2D eigenvalue weighted by Crippen LogP contribution is -2.48.